The molecule has 1 unspecified atom stereocenters. The second-order valence-electron chi connectivity index (χ2n) is 2.08. The molecule has 0 bridgehead atoms. The number of para-hydroxylation sites is 1. The Balaban J connectivity index is 2.66. The summed E-state index contributed by atoms with van der Waals surface area (Å²) in [6, 6.07) is 8.05. The maximum absolute atomic E-state index is 12.6. The molecule has 1 atom stereocenters. The van der Waals surface area contributed by atoms with Gasteiger partial charge in [0.25, 0.3) is 11.1 Å². The number of halogens is 3. The van der Waals surface area contributed by atoms with Crippen molar-refractivity contribution in [3.8, 4) is 5.75 Å². The van der Waals surface area contributed by atoms with Crippen molar-refractivity contribution in [1.29, 1.82) is 0 Å². The van der Waals surface area contributed by atoms with Gasteiger partial charge in [0.15, 0.2) is 0 Å². The molecule has 0 aliphatic carbocycles. The second kappa shape index (κ2) is 4.26. The summed E-state index contributed by atoms with van der Waals surface area (Å²) in [5, 5.41) is 0. The number of alkyl halides is 3. The maximum Gasteiger partial charge on any atom is 0.368 e. The molecule has 2 nitrogen and oxygen atoms in total. The van der Waals surface area contributed by atoms with E-state index in [2.05, 4.69) is 4.18 Å². The summed E-state index contributed by atoms with van der Waals surface area (Å²) in [6.07, 6.45) is 0. The van der Waals surface area contributed by atoms with Gasteiger partial charge in [-0.15, -0.1) is 0 Å². The van der Waals surface area contributed by atoms with Crippen molar-refractivity contribution in [1.82, 2.24) is 0 Å². The molecule has 6 heteroatoms. The molecule has 0 fully saturated rings. The zero-order valence-electron chi connectivity index (χ0n) is 6.25. The van der Waals surface area contributed by atoms with Crippen molar-refractivity contribution in [2.45, 2.75) is 3.92 Å². The Morgan fingerprint density at radius 1 is 1.31 bits per heavy atom. The number of rotatable bonds is 3. The van der Waals surface area contributed by atoms with Crippen molar-refractivity contribution >= 4 is 34.3 Å². The van der Waals surface area contributed by atoms with Gasteiger partial charge in [-0.2, -0.15) is 4.39 Å². The highest BCUT2D eigenvalue weighted by atomic mass is 35.5. The fraction of sp³-hybridized carbons (Fsp3) is 0.143. The first-order chi connectivity index (χ1) is 6.00. The van der Waals surface area contributed by atoms with E-state index in [0.717, 1.165) is 0 Å². The molecule has 1 aromatic rings. The summed E-state index contributed by atoms with van der Waals surface area (Å²) in [6.45, 7) is 0. The van der Waals surface area contributed by atoms with Crippen LogP contribution in [0.3, 0.4) is 0 Å². The van der Waals surface area contributed by atoms with Crippen LogP contribution in [0.1, 0.15) is 0 Å². The lowest BCUT2D eigenvalue weighted by molar-refractivity contribution is 0.457. The lowest BCUT2D eigenvalue weighted by Crippen LogP contribution is -2.18. The molecule has 0 aliphatic heterocycles. The van der Waals surface area contributed by atoms with E-state index in [1.54, 1.807) is 18.2 Å². The van der Waals surface area contributed by atoms with E-state index in [0.29, 0.717) is 0 Å². The lowest BCUT2D eigenvalue weighted by atomic mass is 10.3. The van der Waals surface area contributed by atoms with Crippen LogP contribution in [0.5, 0.6) is 5.75 Å². The summed E-state index contributed by atoms with van der Waals surface area (Å²) in [4.78, 5) is 0. The minimum Gasteiger partial charge on any atom is -0.396 e. The van der Waals surface area contributed by atoms with Gasteiger partial charge in [-0.3, -0.25) is 0 Å². The fourth-order valence-electron chi connectivity index (χ4n) is 0.611. The summed E-state index contributed by atoms with van der Waals surface area (Å²) in [7, 11) is 0. The van der Waals surface area contributed by atoms with E-state index in [-0.39, 0.29) is 5.75 Å². The molecule has 0 radical (unpaired) electrons. The van der Waals surface area contributed by atoms with Crippen LogP contribution in [0.15, 0.2) is 30.3 Å². The molecule has 0 saturated heterocycles. The largest absolute Gasteiger partial charge is 0.396 e. The van der Waals surface area contributed by atoms with Crippen molar-refractivity contribution in [3.05, 3.63) is 30.3 Å². The van der Waals surface area contributed by atoms with Crippen molar-refractivity contribution in [2.75, 3.05) is 0 Å². The van der Waals surface area contributed by atoms with Gasteiger partial charge in [-0.05, 0) is 35.3 Å². The van der Waals surface area contributed by atoms with Gasteiger partial charge in [0.1, 0.15) is 5.75 Å². The van der Waals surface area contributed by atoms with Crippen LogP contribution in [0.2, 0.25) is 0 Å². The highest BCUT2D eigenvalue weighted by molar-refractivity contribution is 7.85. The quantitative estimate of drug-likeness (QED) is 0.763. The Bertz CT molecular complexity index is 299. The molecule has 1 aromatic carbocycles. The Kier molecular flexibility index (Phi) is 3.53. The third-order valence-electron chi connectivity index (χ3n) is 1.10. The van der Waals surface area contributed by atoms with Gasteiger partial charge in [0.05, 0.1) is 0 Å². The van der Waals surface area contributed by atoms with E-state index in [9.17, 15) is 8.60 Å². The minimum absolute atomic E-state index is 0.240. The second-order valence-corrected chi connectivity index (χ2v) is 4.96. The Labute approximate surface area is 87.3 Å². The predicted octanol–water partition coefficient (Wildman–Crippen LogP) is 2.79. The van der Waals surface area contributed by atoms with Crippen molar-refractivity contribution in [3.63, 3.8) is 0 Å². The normalized spacial score (nSPS) is 13.8. The molecule has 72 valence electrons. The lowest BCUT2D eigenvalue weighted by Gasteiger charge is -2.08. The zero-order chi connectivity index (χ0) is 9.90. The fourth-order valence-corrected chi connectivity index (χ4v) is 1.18. The highest BCUT2D eigenvalue weighted by Gasteiger charge is 2.34. The van der Waals surface area contributed by atoms with Crippen molar-refractivity contribution in [2.24, 2.45) is 0 Å². The molecule has 0 saturated carbocycles. The Morgan fingerprint density at radius 3 is 2.31 bits per heavy atom. The molecular formula is C7H5Cl2FO2S. The average Bonchev–Trinajstić information content (AvgIpc) is 2.04. The van der Waals surface area contributed by atoms with Crippen LogP contribution in [-0.4, -0.2) is 8.13 Å². The van der Waals surface area contributed by atoms with Gasteiger partial charge in [0, 0.05) is 0 Å². The van der Waals surface area contributed by atoms with E-state index in [4.69, 9.17) is 23.2 Å². The third-order valence-corrected chi connectivity index (χ3v) is 2.58. The van der Waals surface area contributed by atoms with Crippen LogP contribution in [-0.2, 0) is 11.1 Å². The Hall–Kier alpha value is -0.320. The summed E-state index contributed by atoms with van der Waals surface area (Å²) in [5.41, 5.74) is 0. The molecule has 0 heterocycles. The first-order valence-electron chi connectivity index (χ1n) is 3.22. The zero-order valence-corrected chi connectivity index (χ0v) is 8.57. The molecule has 0 amide bonds. The number of hydrogen-bond donors (Lipinski definition) is 0. The van der Waals surface area contributed by atoms with Crippen LogP contribution in [0, 0.1) is 0 Å². The first-order valence-corrected chi connectivity index (χ1v) is 5.05. The van der Waals surface area contributed by atoms with Gasteiger partial charge in [-0.1, -0.05) is 18.2 Å². The molecule has 13 heavy (non-hydrogen) atoms. The molecule has 0 spiro atoms. The van der Waals surface area contributed by atoms with E-state index in [1.807, 2.05) is 0 Å². The smallest absolute Gasteiger partial charge is 0.368 e. The van der Waals surface area contributed by atoms with Crippen molar-refractivity contribution < 1.29 is 12.8 Å². The molecule has 0 aliphatic rings. The number of benzene rings is 1. The standard InChI is InChI=1S/C7H5Cl2FO2S/c8-7(9,10)13(11)12-6-4-2-1-3-5-6/h1-5H. The Morgan fingerprint density at radius 2 is 1.85 bits per heavy atom. The van der Waals surface area contributed by atoms with Gasteiger partial charge >= 0.3 is 3.92 Å². The minimum atomic E-state index is -2.89. The average molecular weight is 243 g/mol. The summed E-state index contributed by atoms with van der Waals surface area (Å²) >= 11 is 7.39. The van der Waals surface area contributed by atoms with Gasteiger partial charge in [-0.25, -0.2) is 4.21 Å². The first kappa shape index (κ1) is 10.8. The van der Waals surface area contributed by atoms with Gasteiger partial charge < -0.3 is 4.18 Å². The van der Waals surface area contributed by atoms with E-state index < -0.39 is 15.0 Å². The van der Waals surface area contributed by atoms with Crippen LogP contribution in [0.4, 0.5) is 4.39 Å². The monoisotopic (exact) mass is 242 g/mol. The maximum atomic E-state index is 12.6. The third kappa shape index (κ3) is 3.50. The summed E-state index contributed by atoms with van der Waals surface area (Å²) in [5.74, 6) is 0.240. The van der Waals surface area contributed by atoms with Crippen LogP contribution < -0.4 is 4.18 Å². The van der Waals surface area contributed by atoms with Crippen LogP contribution in [0.25, 0.3) is 0 Å². The van der Waals surface area contributed by atoms with E-state index in [1.165, 1.54) is 12.1 Å². The predicted molar refractivity (Wildman–Crippen MR) is 50.8 cm³/mol. The molecule has 0 aromatic heterocycles. The summed E-state index contributed by atoms with van der Waals surface area (Å²) < 4.78 is 25.2. The highest BCUT2D eigenvalue weighted by Crippen LogP contribution is 2.28. The van der Waals surface area contributed by atoms with Gasteiger partial charge in [0.2, 0.25) is 0 Å². The SMILES string of the molecule is O=S(Oc1ccccc1)C(F)(Cl)Cl. The molecular weight excluding hydrogens is 238 g/mol. The molecule has 0 N–H and O–H groups in total. The topological polar surface area (TPSA) is 26.3 Å². The number of hydrogen-bond acceptors (Lipinski definition) is 2. The van der Waals surface area contributed by atoms with Crippen LogP contribution >= 0.6 is 23.2 Å². The van der Waals surface area contributed by atoms with E-state index >= 15 is 0 Å². The molecule has 1 rings (SSSR count).